The van der Waals surface area contributed by atoms with Crippen LogP contribution in [0.5, 0.6) is 0 Å². The lowest BCUT2D eigenvalue weighted by Crippen LogP contribution is -2.19. The lowest BCUT2D eigenvalue weighted by atomic mass is 10.2. The molecule has 1 amide bonds. The van der Waals surface area contributed by atoms with E-state index in [0.717, 1.165) is 35.0 Å². The van der Waals surface area contributed by atoms with Crippen molar-refractivity contribution < 1.29 is 4.79 Å². The molecule has 1 N–H and O–H groups in total. The van der Waals surface area contributed by atoms with E-state index < -0.39 is 0 Å². The van der Waals surface area contributed by atoms with Gasteiger partial charge in [-0.3, -0.25) is 13.9 Å². The third-order valence-corrected chi connectivity index (χ3v) is 5.51. The van der Waals surface area contributed by atoms with Crippen molar-refractivity contribution in [2.24, 2.45) is 20.0 Å². The smallest absolute Gasteiger partial charge is 0.325 e. The number of carbonyl (C=O) groups excluding carboxylic acids is 1. The lowest BCUT2D eigenvalue weighted by molar-refractivity contribution is -0.113. The van der Waals surface area contributed by atoms with E-state index >= 15 is 0 Å². The molecule has 0 radical (unpaired) electrons. The summed E-state index contributed by atoms with van der Waals surface area (Å²) in [5.74, 6) is 1.53. The summed E-state index contributed by atoms with van der Waals surface area (Å²) in [6.45, 7) is 7.18. The van der Waals surface area contributed by atoms with E-state index in [1.165, 1.54) is 11.8 Å². The molecular weight excluding hydrogens is 376 g/mol. The standard InChI is InChI=1S/C19H26N6O2S/c1-6-16-21-22-18(25(16)10-12(2)3)28-11-17(26)20-13-7-8-14-15(9-13)24(5)19(27)23(14)4/h7-9,12H,6,10-11H2,1-5H3,(H,20,26). The van der Waals surface area contributed by atoms with Crippen LogP contribution in [0.3, 0.4) is 0 Å². The molecule has 0 atom stereocenters. The molecule has 0 fully saturated rings. The van der Waals surface area contributed by atoms with Gasteiger partial charge in [0.25, 0.3) is 0 Å². The fourth-order valence-corrected chi connectivity index (χ4v) is 3.91. The maximum absolute atomic E-state index is 12.4. The number of nitrogens with zero attached hydrogens (tertiary/aromatic N) is 5. The minimum Gasteiger partial charge on any atom is -0.325 e. The minimum absolute atomic E-state index is 0.0924. The highest BCUT2D eigenvalue weighted by Crippen LogP contribution is 2.21. The number of rotatable bonds is 7. The first-order valence-corrected chi connectivity index (χ1v) is 10.3. The first-order valence-electron chi connectivity index (χ1n) is 9.32. The summed E-state index contributed by atoms with van der Waals surface area (Å²) in [7, 11) is 3.45. The van der Waals surface area contributed by atoms with E-state index in [2.05, 4.69) is 40.9 Å². The Balaban J connectivity index is 1.70. The second-order valence-corrected chi connectivity index (χ2v) is 8.14. The molecule has 2 heterocycles. The van der Waals surface area contributed by atoms with Crippen LogP contribution < -0.4 is 11.0 Å². The van der Waals surface area contributed by atoms with Gasteiger partial charge in [-0.1, -0.05) is 32.5 Å². The molecule has 3 rings (SSSR count). The maximum atomic E-state index is 12.4. The quantitative estimate of drug-likeness (QED) is 0.613. The van der Waals surface area contributed by atoms with Gasteiger partial charge in [0, 0.05) is 32.7 Å². The summed E-state index contributed by atoms with van der Waals surface area (Å²) in [6, 6.07) is 5.46. The van der Waals surface area contributed by atoms with Crippen LogP contribution in [0.15, 0.2) is 28.2 Å². The Hall–Kier alpha value is -2.55. The second-order valence-electron chi connectivity index (χ2n) is 7.20. The zero-order chi connectivity index (χ0) is 20.4. The molecule has 0 aliphatic carbocycles. The van der Waals surface area contributed by atoms with Crippen molar-refractivity contribution in [2.75, 3.05) is 11.1 Å². The van der Waals surface area contributed by atoms with Crippen LogP contribution in [0.25, 0.3) is 11.0 Å². The predicted octanol–water partition coefficient (Wildman–Crippen LogP) is 2.42. The normalized spacial score (nSPS) is 11.5. The van der Waals surface area contributed by atoms with Crippen molar-refractivity contribution in [2.45, 2.75) is 38.9 Å². The van der Waals surface area contributed by atoms with E-state index in [0.29, 0.717) is 11.6 Å². The largest absolute Gasteiger partial charge is 0.328 e. The number of aromatic nitrogens is 5. The van der Waals surface area contributed by atoms with E-state index in [4.69, 9.17) is 0 Å². The monoisotopic (exact) mass is 402 g/mol. The molecular formula is C19H26N6O2S. The van der Waals surface area contributed by atoms with Gasteiger partial charge in [-0.25, -0.2) is 4.79 Å². The Bertz CT molecular complexity index is 1060. The van der Waals surface area contributed by atoms with Crippen molar-refractivity contribution in [3.8, 4) is 0 Å². The Morgan fingerprint density at radius 2 is 1.89 bits per heavy atom. The zero-order valence-corrected chi connectivity index (χ0v) is 17.7. The maximum Gasteiger partial charge on any atom is 0.328 e. The van der Waals surface area contributed by atoms with Gasteiger partial charge in [-0.2, -0.15) is 0 Å². The predicted molar refractivity (Wildman–Crippen MR) is 112 cm³/mol. The number of nitrogens with one attached hydrogen (secondary N) is 1. The fraction of sp³-hybridized carbons (Fsp3) is 0.474. The van der Waals surface area contributed by atoms with Crippen molar-refractivity contribution in [1.82, 2.24) is 23.9 Å². The molecule has 3 aromatic rings. The molecule has 0 bridgehead atoms. The topological polar surface area (TPSA) is 86.7 Å². The van der Waals surface area contributed by atoms with Crippen LogP contribution in [0.1, 0.15) is 26.6 Å². The molecule has 0 unspecified atom stereocenters. The van der Waals surface area contributed by atoms with Crippen molar-refractivity contribution in [3.05, 3.63) is 34.5 Å². The Labute approximate surface area is 167 Å². The number of imidazole rings is 1. The number of carbonyl (C=O) groups is 1. The average Bonchev–Trinajstić information content (AvgIpc) is 3.14. The minimum atomic E-state index is -0.123. The van der Waals surface area contributed by atoms with Crippen LogP contribution in [-0.4, -0.2) is 35.6 Å². The van der Waals surface area contributed by atoms with Crippen LogP contribution in [0.4, 0.5) is 5.69 Å². The van der Waals surface area contributed by atoms with Crippen molar-refractivity contribution >= 4 is 34.4 Å². The number of hydrogen-bond acceptors (Lipinski definition) is 5. The van der Waals surface area contributed by atoms with Crippen LogP contribution in [0.2, 0.25) is 0 Å². The van der Waals surface area contributed by atoms with Crippen LogP contribution >= 0.6 is 11.8 Å². The summed E-state index contributed by atoms with van der Waals surface area (Å²) in [5, 5.41) is 12.1. The third-order valence-electron chi connectivity index (χ3n) is 4.55. The molecule has 2 aromatic heterocycles. The molecule has 1 aromatic carbocycles. The van der Waals surface area contributed by atoms with Crippen molar-refractivity contribution in [3.63, 3.8) is 0 Å². The van der Waals surface area contributed by atoms with Gasteiger partial charge >= 0.3 is 5.69 Å². The van der Waals surface area contributed by atoms with Gasteiger partial charge in [0.2, 0.25) is 5.91 Å². The highest BCUT2D eigenvalue weighted by molar-refractivity contribution is 7.99. The van der Waals surface area contributed by atoms with E-state index in [-0.39, 0.29) is 17.3 Å². The number of amides is 1. The number of fused-ring (bicyclic) bond motifs is 1. The van der Waals surface area contributed by atoms with Crippen molar-refractivity contribution in [1.29, 1.82) is 0 Å². The molecule has 0 saturated carbocycles. The highest BCUT2D eigenvalue weighted by atomic mass is 32.2. The van der Waals surface area contributed by atoms with Gasteiger partial charge in [-0.15, -0.1) is 10.2 Å². The SMILES string of the molecule is CCc1nnc(SCC(=O)Nc2ccc3c(c2)n(C)c(=O)n3C)n1CC(C)C. The molecule has 8 nitrogen and oxygen atoms in total. The number of benzene rings is 1. The second kappa shape index (κ2) is 8.22. The van der Waals surface area contributed by atoms with Gasteiger partial charge in [0.15, 0.2) is 5.16 Å². The summed E-state index contributed by atoms with van der Waals surface area (Å²) in [4.78, 5) is 24.5. The Morgan fingerprint density at radius 1 is 1.18 bits per heavy atom. The molecule has 0 saturated heterocycles. The third kappa shape index (κ3) is 3.99. The summed E-state index contributed by atoms with van der Waals surface area (Å²) >= 11 is 1.38. The molecule has 0 spiro atoms. The van der Waals surface area contributed by atoms with E-state index in [1.807, 2.05) is 12.1 Å². The lowest BCUT2D eigenvalue weighted by Gasteiger charge is -2.11. The van der Waals surface area contributed by atoms with Gasteiger partial charge in [0.05, 0.1) is 16.8 Å². The van der Waals surface area contributed by atoms with Crippen LogP contribution in [0, 0.1) is 5.92 Å². The van der Waals surface area contributed by atoms with E-state index in [1.54, 1.807) is 29.3 Å². The number of aryl methyl sites for hydroxylation is 3. The zero-order valence-electron chi connectivity index (χ0n) is 16.9. The Morgan fingerprint density at radius 3 is 2.57 bits per heavy atom. The van der Waals surface area contributed by atoms with Crippen LogP contribution in [-0.2, 0) is 31.9 Å². The van der Waals surface area contributed by atoms with Gasteiger partial charge < -0.3 is 9.88 Å². The van der Waals surface area contributed by atoms with E-state index in [9.17, 15) is 9.59 Å². The number of hydrogen-bond donors (Lipinski definition) is 1. The van der Waals surface area contributed by atoms with Gasteiger partial charge in [0.1, 0.15) is 5.82 Å². The molecule has 0 aliphatic rings. The number of thioether (sulfide) groups is 1. The van der Waals surface area contributed by atoms with Gasteiger partial charge in [-0.05, 0) is 24.1 Å². The summed E-state index contributed by atoms with van der Waals surface area (Å²) in [5.41, 5.74) is 2.18. The summed E-state index contributed by atoms with van der Waals surface area (Å²) in [6.07, 6.45) is 0.808. The first kappa shape index (κ1) is 20.2. The number of anilines is 1. The molecule has 150 valence electrons. The molecule has 0 aliphatic heterocycles. The fourth-order valence-electron chi connectivity index (χ4n) is 3.15. The highest BCUT2D eigenvalue weighted by Gasteiger charge is 2.15. The molecule has 28 heavy (non-hydrogen) atoms. The first-order chi connectivity index (χ1) is 13.3. The Kier molecular flexibility index (Phi) is 5.93. The molecule has 9 heteroatoms. The summed E-state index contributed by atoms with van der Waals surface area (Å²) < 4.78 is 5.25. The average molecular weight is 403 g/mol.